The van der Waals surface area contributed by atoms with Crippen molar-refractivity contribution in [3.63, 3.8) is 0 Å². The zero-order chi connectivity index (χ0) is 7.82. The molecule has 0 N–H and O–H groups in total. The van der Waals surface area contributed by atoms with Gasteiger partial charge < -0.3 is 4.90 Å². The Morgan fingerprint density at radius 2 is 2.30 bits per heavy atom. The summed E-state index contributed by atoms with van der Waals surface area (Å²) in [5.41, 5.74) is 0. The maximum atomic E-state index is 5.50. The van der Waals surface area contributed by atoms with Crippen LogP contribution in [0.2, 0.25) is 0 Å². The third-order valence-electron chi connectivity index (χ3n) is 1.12. The number of isothiocyanates is 1. The zero-order valence-corrected chi connectivity index (χ0v) is 7.58. The molecular weight excluding hydrogens is 168 g/mol. The number of hydrogen-bond acceptors (Lipinski definition) is 3. The van der Waals surface area contributed by atoms with Gasteiger partial charge in [0.15, 0.2) is 0 Å². The molecule has 0 aliphatic rings. The van der Waals surface area contributed by atoms with E-state index in [1.165, 1.54) is 0 Å². The highest BCUT2D eigenvalue weighted by Crippen LogP contribution is 1.83. The molecule has 10 heavy (non-hydrogen) atoms. The number of thiocarbonyl (C=S) groups is 1. The van der Waals surface area contributed by atoms with Gasteiger partial charge in [0, 0.05) is 19.0 Å². The molecule has 0 atom stereocenters. The molecule has 0 saturated heterocycles. The van der Waals surface area contributed by atoms with E-state index in [0.717, 1.165) is 19.6 Å². The fourth-order valence-corrected chi connectivity index (χ4v) is 0.902. The molecule has 0 aliphatic carbocycles. The predicted molar refractivity (Wildman–Crippen MR) is 48.1 cm³/mol. The van der Waals surface area contributed by atoms with E-state index in [9.17, 15) is 0 Å². The van der Waals surface area contributed by atoms with Gasteiger partial charge in [-0.15, -0.1) is 11.6 Å². The molecule has 0 radical (unpaired) electrons. The quantitative estimate of drug-likeness (QED) is 0.358. The third kappa shape index (κ3) is 6.17. The van der Waals surface area contributed by atoms with E-state index >= 15 is 0 Å². The standard InChI is InChI=1S/C6H11ClN2S/c1-9(4-2-7)5-3-8-6-10/h2-5H2,1H3. The summed E-state index contributed by atoms with van der Waals surface area (Å²) in [7, 11) is 2.00. The number of nitrogens with zero attached hydrogens (tertiary/aromatic N) is 2. The van der Waals surface area contributed by atoms with Crippen LogP contribution < -0.4 is 0 Å². The lowest BCUT2D eigenvalue weighted by Gasteiger charge is -2.11. The van der Waals surface area contributed by atoms with Crippen LogP contribution in [0, 0.1) is 0 Å². The first-order valence-corrected chi connectivity index (χ1v) is 4.03. The summed E-state index contributed by atoms with van der Waals surface area (Å²) in [5, 5.41) is 2.31. The predicted octanol–water partition coefficient (Wildman–Crippen LogP) is 1.26. The second-order valence-corrected chi connectivity index (χ2v) is 2.53. The summed E-state index contributed by atoms with van der Waals surface area (Å²) >= 11 is 9.91. The molecule has 0 heterocycles. The van der Waals surface area contributed by atoms with Gasteiger partial charge in [-0.05, 0) is 19.3 Å². The second-order valence-electron chi connectivity index (χ2n) is 1.97. The van der Waals surface area contributed by atoms with E-state index in [-0.39, 0.29) is 0 Å². The van der Waals surface area contributed by atoms with Crippen molar-refractivity contribution in [3.8, 4) is 0 Å². The summed E-state index contributed by atoms with van der Waals surface area (Å²) in [6.45, 7) is 2.52. The monoisotopic (exact) mass is 178 g/mol. The van der Waals surface area contributed by atoms with Gasteiger partial charge in [-0.2, -0.15) is 0 Å². The van der Waals surface area contributed by atoms with Crippen LogP contribution in [0.5, 0.6) is 0 Å². The summed E-state index contributed by atoms with van der Waals surface area (Å²) in [6.07, 6.45) is 0. The number of halogens is 1. The van der Waals surface area contributed by atoms with E-state index in [1.54, 1.807) is 0 Å². The maximum absolute atomic E-state index is 5.50. The molecule has 0 amide bonds. The molecule has 0 fully saturated rings. The van der Waals surface area contributed by atoms with Gasteiger partial charge in [-0.3, -0.25) is 0 Å². The van der Waals surface area contributed by atoms with Gasteiger partial charge in [0.25, 0.3) is 0 Å². The Balaban J connectivity index is 3.20. The molecule has 0 spiro atoms. The average Bonchev–Trinajstić information content (AvgIpc) is 1.89. The number of likely N-dealkylation sites (N-methyl/N-ethyl adjacent to an activating group) is 1. The van der Waals surface area contributed by atoms with Crippen molar-refractivity contribution in [2.75, 3.05) is 32.6 Å². The van der Waals surface area contributed by atoms with E-state index in [4.69, 9.17) is 11.6 Å². The van der Waals surface area contributed by atoms with Crippen LogP contribution >= 0.6 is 23.8 Å². The summed E-state index contributed by atoms with van der Waals surface area (Å²) in [5.74, 6) is 0.664. The summed E-state index contributed by atoms with van der Waals surface area (Å²) in [6, 6.07) is 0. The van der Waals surface area contributed by atoms with Gasteiger partial charge in [0.2, 0.25) is 0 Å². The third-order valence-corrected chi connectivity index (χ3v) is 1.42. The Hall–Kier alpha value is 0.0500. The van der Waals surface area contributed by atoms with Crippen LogP contribution in [0.1, 0.15) is 0 Å². The van der Waals surface area contributed by atoms with E-state index in [1.807, 2.05) is 7.05 Å². The normalized spacial score (nSPS) is 9.50. The topological polar surface area (TPSA) is 15.6 Å². The van der Waals surface area contributed by atoms with Crippen molar-refractivity contribution in [1.82, 2.24) is 4.90 Å². The van der Waals surface area contributed by atoms with Gasteiger partial charge in [0.1, 0.15) is 0 Å². The first kappa shape index (κ1) is 10.0. The summed E-state index contributed by atoms with van der Waals surface area (Å²) < 4.78 is 0. The van der Waals surface area contributed by atoms with Crippen molar-refractivity contribution >= 4 is 29.0 Å². The molecule has 4 heteroatoms. The first-order valence-electron chi connectivity index (χ1n) is 3.09. The average molecular weight is 179 g/mol. The van der Waals surface area contributed by atoms with Crippen molar-refractivity contribution in [1.29, 1.82) is 0 Å². The Morgan fingerprint density at radius 1 is 1.60 bits per heavy atom. The zero-order valence-electron chi connectivity index (χ0n) is 6.01. The number of hydrogen-bond donors (Lipinski definition) is 0. The van der Waals surface area contributed by atoms with Crippen LogP contribution in [-0.2, 0) is 0 Å². The number of alkyl halides is 1. The SMILES string of the molecule is CN(CCCl)CCN=C=S. The number of rotatable bonds is 5. The highest BCUT2D eigenvalue weighted by molar-refractivity contribution is 7.78. The lowest BCUT2D eigenvalue weighted by molar-refractivity contribution is 0.366. The lowest BCUT2D eigenvalue weighted by atomic mass is 10.5. The second kappa shape index (κ2) is 7.16. The van der Waals surface area contributed by atoms with Crippen molar-refractivity contribution in [3.05, 3.63) is 0 Å². The van der Waals surface area contributed by atoms with Crippen LogP contribution in [0.15, 0.2) is 4.99 Å². The molecule has 0 rings (SSSR count). The van der Waals surface area contributed by atoms with Crippen LogP contribution in [0.4, 0.5) is 0 Å². The van der Waals surface area contributed by atoms with Crippen molar-refractivity contribution in [2.45, 2.75) is 0 Å². The Morgan fingerprint density at radius 3 is 2.80 bits per heavy atom. The highest BCUT2D eigenvalue weighted by Gasteiger charge is 1.93. The fourth-order valence-electron chi connectivity index (χ4n) is 0.522. The molecule has 0 unspecified atom stereocenters. The van der Waals surface area contributed by atoms with Gasteiger partial charge in [0.05, 0.1) is 11.7 Å². The minimum atomic E-state index is 0.664. The molecule has 0 bridgehead atoms. The molecule has 0 aromatic carbocycles. The molecule has 2 nitrogen and oxygen atoms in total. The van der Waals surface area contributed by atoms with E-state index in [2.05, 4.69) is 27.3 Å². The minimum Gasteiger partial charge on any atom is -0.303 e. The van der Waals surface area contributed by atoms with Crippen molar-refractivity contribution in [2.24, 2.45) is 4.99 Å². The largest absolute Gasteiger partial charge is 0.303 e. The molecule has 0 aliphatic heterocycles. The molecular formula is C6H11ClN2S. The van der Waals surface area contributed by atoms with Crippen LogP contribution in [0.3, 0.4) is 0 Å². The Labute approximate surface area is 71.9 Å². The smallest absolute Gasteiger partial charge is 0.0620 e. The Kier molecular flexibility index (Phi) is 7.20. The number of aliphatic imine (C=N–C) groups is 1. The minimum absolute atomic E-state index is 0.664. The molecule has 0 aromatic rings. The molecule has 58 valence electrons. The van der Waals surface area contributed by atoms with Crippen molar-refractivity contribution < 1.29 is 0 Å². The van der Waals surface area contributed by atoms with Gasteiger partial charge in [-0.25, -0.2) is 4.99 Å². The molecule has 0 saturated carbocycles. The van der Waals surface area contributed by atoms with E-state index < -0.39 is 0 Å². The fraction of sp³-hybridized carbons (Fsp3) is 0.833. The van der Waals surface area contributed by atoms with Gasteiger partial charge in [-0.1, -0.05) is 0 Å². The summed E-state index contributed by atoms with van der Waals surface area (Å²) in [4.78, 5) is 5.87. The van der Waals surface area contributed by atoms with Gasteiger partial charge >= 0.3 is 0 Å². The van der Waals surface area contributed by atoms with E-state index in [0.29, 0.717) is 5.88 Å². The molecule has 0 aromatic heterocycles. The maximum Gasteiger partial charge on any atom is 0.0620 e. The van der Waals surface area contributed by atoms with Crippen LogP contribution in [-0.4, -0.2) is 42.6 Å². The highest BCUT2D eigenvalue weighted by atomic mass is 35.5. The first-order chi connectivity index (χ1) is 4.81. The lowest BCUT2D eigenvalue weighted by Crippen LogP contribution is -2.23. The van der Waals surface area contributed by atoms with Crippen LogP contribution in [0.25, 0.3) is 0 Å². The Bertz CT molecular complexity index is 123.